The number of halogens is 2. The standard InChI is InChI=1S/C12H16BrFN2O2/c1-15-11(12(17)18)7-16-5-4-8-6-9(13)2-3-10(8)14/h2-3,6,11,15-16H,4-5,7H2,1H3,(H,17,18). The van der Waals surface area contributed by atoms with Gasteiger partial charge in [-0.15, -0.1) is 0 Å². The van der Waals surface area contributed by atoms with Crippen LogP contribution in [0, 0.1) is 5.82 Å². The Balaban J connectivity index is 2.37. The molecule has 1 aromatic rings. The van der Waals surface area contributed by atoms with Crippen molar-refractivity contribution in [2.45, 2.75) is 12.5 Å². The minimum atomic E-state index is -0.904. The molecule has 0 aliphatic carbocycles. The third-order valence-corrected chi connectivity index (χ3v) is 3.07. The van der Waals surface area contributed by atoms with Crippen LogP contribution in [0.2, 0.25) is 0 Å². The quantitative estimate of drug-likeness (QED) is 0.665. The van der Waals surface area contributed by atoms with Gasteiger partial charge in [0.2, 0.25) is 0 Å². The lowest BCUT2D eigenvalue weighted by atomic mass is 10.1. The van der Waals surface area contributed by atoms with Gasteiger partial charge in [0.25, 0.3) is 0 Å². The van der Waals surface area contributed by atoms with Crippen molar-refractivity contribution in [3.05, 3.63) is 34.1 Å². The monoisotopic (exact) mass is 318 g/mol. The number of carboxylic acid groups (broad SMARTS) is 1. The molecule has 0 saturated heterocycles. The van der Waals surface area contributed by atoms with Gasteiger partial charge in [0.1, 0.15) is 11.9 Å². The molecule has 1 aromatic carbocycles. The molecule has 3 N–H and O–H groups in total. The van der Waals surface area contributed by atoms with E-state index in [2.05, 4.69) is 26.6 Å². The molecule has 1 rings (SSSR count). The van der Waals surface area contributed by atoms with Crippen molar-refractivity contribution in [3.63, 3.8) is 0 Å². The maximum atomic E-state index is 13.4. The van der Waals surface area contributed by atoms with E-state index in [4.69, 9.17) is 5.11 Å². The summed E-state index contributed by atoms with van der Waals surface area (Å²) in [7, 11) is 1.59. The van der Waals surface area contributed by atoms with Gasteiger partial charge in [-0.3, -0.25) is 4.79 Å². The molecule has 0 spiro atoms. The number of nitrogens with one attached hydrogen (secondary N) is 2. The van der Waals surface area contributed by atoms with E-state index < -0.39 is 12.0 Å². The van der Waals surface area contributed by atoms with E-state index in [0.29, 0.717) is 25.1 Å². The molecule has 0 amide bonds. The van der Waals surface area contributed by atoms with Crippen LogP contribution in [-0.4, -0.2) is 37.3 Å². The van der Waals surface area contributed by atoms with Crippen molar-refractivity contribution in [1.29, 1.82) is 0 Å². The number of hydrogen-bond acceptors (Lipinski definition) is 3. The van der Waals surface area contributed by atoms with Crippen molar-refractivity contribution in [3.8, 4) is 0 Å². The zero-order valence-corrected chi connectivity index (χ0v) is 11.6. The summed E-state index contributed by atoms with van der Waals surface area (Å²) >= 11 is 3.28. The van der Waals surface area contributed by atoms with Crippen LogP contribution in [-0.2, 0) is 11.2 Å². The topological polar surface area (TPSA) is 61.4 Å². The SMILES string of the molecule is CNC(CNCCc1cc(Br)ccc1F)C(=O)O. The smallest absolute Gasteiger partial charge is 0.322 e. The molecule has 0 heterocycles. The number of rotatable bonds is 7. The fraction of sp³-hybridized carbons (Fsp3) is 0.417. The molecule has 0 bridgehead atoms. The van der Waals surface area contributed by atoms with Crippen molar-refractivity contribution in [1.82, 2.24) is 10.6 Å². The first-order valence-electron chi connectivity index (χ1n) is 5.59. The lowest BCUT2D eigenvalue weighted by molar-refractivity contribution is -0.139. The van der Waals surface area contributed by atoms with E-state index in [1.807, 2.05) is 0 Å². The first kappa shape index (κ1) is 15.1. The van der Waals surface area contributed by atoms with E-state index in [0.717, 1.165) is 4.47 Å². The van der Waals surface area contributed by atoms with Gasteiger partial charge in [-0.1, -0.05) is 15.9 Å². The Labute approximate surface area is 114 Å². The molecule has 0 saturated carbocycles. The molecule has 0 fully saturated rings. The van der Waals surface area contributed by atoms with Crippen LogP contribution in [0.5, 0.6) is 0 Å². The van der Waals surface area contributed by atoms with E-state index in [1.54, 1.807) is 19.2 Å². The highest BCUT2D eigenvalue weighted by Gasteiger charge is 2.13. The molecule has 6 heteroatoms. The van der Waals surface area contributed by atoms with Crippen LogP contribution in [0.3, 0.4) is 0 Å². The van der Waals surface area contributed by atoms with Crippen molar-refractivity contribution in [2.24, 2.45) is 0 Å². The van der Waals surface area contributed by atoms with Crippen molar-refractivity contribution >= 4 is 21.9 Å². The summed E-state index contributed by atoms with van der Waals surface area (Å²) in [6, 6.07) is 4.15. The Morgan fingerprint density at radius 2 is 2.28 bits per heavy atom. The second-order valence-electron chi connectivity index (χ2n) is 3.87. The first-order chi connectivity index (χ1) is 8.54. The maximum Gasteiger partial charge on any atom is 0.322 e. The normalized spacial score (nSPS) is 12.4. The Kier molecular flexibility index (Phi) is 6.24. The summed E-state index contributed by atoms with van der Waals surface area (Å²) in [6.07, 6.45) is 0.515. The molecule has 4 nitrogen and oxygen atoms in total. The van der Waals surface area contributed by atoms with Gasteiger partial charge in [-0.2, -0.15) is 0 Å². The predicted octanol–water partition coefficient (Wildman–Crippen LogP) is 1.39. The highest BCUT2D eigenvalue weighted by atomic mass is 79.9. The van der Waals surface area contributed by atoms with Crippen LogP contribution in [0.1, 0.15) is 5.56 Å². The number of benzene rings is 1. The summed E-state index contributed by atoms with van der Waals surface area (Å²) in [6.45, 7) is 0.834. The summed E-state index contributed by atoms with van der Waals surface area (Å²) in [5.41, 5.74) is 0.605. The summed E-state index contributed by atoms with van der Waals surface area (Å²) in [4.78, 5) is 10.7. The van der Waals surface area contributed by atoms with Crippen LogP contribution in [0.15, 0.2) is 22.7 Å². The van der Waals surface area contributed by atoms with Crippen LogP contribution in [0.25, 0.3) is 0 Å². The van der Waals surface area contributed by atoms with Gasteiger partial charge in [0.05, 0.1) is 0 Å². The minimum Gasteiger partial charge on any atom is -0.480 e. The Morgan fingerprint density at radius 3 is 2.89 bits per heavy atom. The van der Waals surface area contributed by atoms with Gasteiger partial charge in [0, 0.05) is 11.0 Å². The molecule has 1 atom stereocenters. The molecule has 0 aromatic heterocycles. The van der Waals surface area contributed by atoms with Crippen molar-refractivity contribution in [2.75, 3.05) is 20.1 Å². The lowest BCUT2D eigenvalue weighted by Gasteiger charge is -2.12. The molecule has 0 radical (unpaired) electrons. The first-order valence-corrected chi connectivity index (χ1v) is 6.38. The molecular formula is C12H16BrFN2O2. The highest BCUT2D eigenvalue weighted by molar-refractivity contribution is 9.10. The molecule has 1 unspecified atom stereocenters. The van der Waals surface area contributed by atoms with Gasteiger partial charge >= 0.3 is 5.97 Å². The summed E-state index contributed by atoms with van der Waals surface area (Å²) in [5.74, 6) is -1.15. The van der Waals surface area contributed by atoms with Gasteiger partial charge in [-0.25, -0.2) is 4.39 Å². The van der Waals surface area contributed by atoms with Crippen LogP contribution >= 0.6 is 15.9 Å². The average molecular weight is 319 g/mol. The second kappa shape index (κ2) is 7.45. The van der Waals surface area contributed by atoms with E-state index in [1.165, 1.54) is 6.07 Å². The third kappa shape index (κ3) is 4.72. The van der Waals surface area contributed by atoms with Crippen LogP contribution < -0.4 is 10.6 Å². The molecular weight excluding hydrogens is 303 g/mol. The number of carbonyl (C=O) groups is 1. The average Bonchev–Trinajstić information content (AvgIpc) is 2.33. The number of likely N-dealkylation sites (N-methyl/N-ethyl adjacent to an activating group) is 1. The maximum absolute atomic E-state index is 13.4. The third-order valence-electron chi connectivity index (χ3n) is 2.57. The fourth-order valence-corrected chi connectivity index (χ4v) is 1.93. The van der Waals surface area contributed by atoms with Crippen molar-refractivity contribution < 1.29 is 14.3 Å². The Hall–Kier alpha value is -0.980. The largest absolute Gasteiger partial charge is 0.480 e. The fourth-order valence-electron chi connectivity index (χ4n) is 1.52. The zero-order chi connectivity index (χ0) is 13.5. The molecule has 18 heavy (non-hydrogen) atoms. The summed E-state index contributed by atoms with van der Waals surface area (Å²) in [5, 5.41) is 14.5. The van der Waals surface area contributed by atoms with Gasteiger partial charge in [-0.05, 0) is 43.8 Å². The second-order valence-corrected chi connectivity index (χ2v) is 4.79. The minimum absolute atomic E-state index is 0.247. The number of carboxylic acids is 1. The van der Waals surface area contributed by atoms with Crippen LogP contribution in [0.4, 0.5) is 4.39 Å². The number of hydrogen-bond donors (Lipinski definition) is 3. The summed E-state index contributed by atoms with van der Waals surface area (Å²) < 4.78 is 14.2. The molecule has 0 aliphatic heterocycles. The molecule has 100 valence electrons. The lowest BCUT2D eigenvalue weighted by Crippen LogP contribution is -2.43. The Bertz CT molecular complexity index is 415. The molecule has 0 aliphatic rings. The van der Waals surface area contributed by atoms with E-state index in [9.17, 15) is 9.18 Å². The zero-order valence-electron chi connectivity index (χ0n) is 10.0. The number of aliphatic carboxylic acids is 1. The Morgan fingerprint density at radius 1 is 1.56 bits per heavy atom. The van der Waals surface area contributed by atoms with Gasteiger partial charge in [0.15, 0.2) is 0 Å². The van der Waals surface area contributed by atoms with E-state index in [-0.39, 0.29) is 5.82 Å². The van der Waals surface area contributed by atoms with Gasteiger partial charge < -0.3 is 15.7 Å². The highest BCUT2D eigenvalue weighted by Crippen LogP contribution is 2.15. The predicted molar refractivity (Wildman–Crippen MR) is 71.2 cm³/mol. The van der Waals surface area contributed by atoms with E-state index >= 15 is 0 Å².